The number of fused-ring (bicyclic) bond motifs is 1. The summed E-state index contributed by atoms with van der Waals surface area (Å²) < 4.78 is 10.4. The van der Waals surface area contributed by atoms with E-state index in [0.29, 0.717) is 11.1 Å². The van der Waals surface area contributed by atoms with Crippen molar-refractivity contribution in [3.05, 3.63) is 65.7 Å². The third-order valence-corrected chi connectivity index (χ3v) is 4.23. The average Bonchev–Trinajstić information content (AvgIpc) is 2.67. The molecule has 26 heavy (non-hydrogen) atoms. The number of carbonyl (C=O) groups is 2. The first kappa shape index (κ1) is 17.5. The second-order valence-corrected chi connectivity index (χ2v) is 5.75. The van der Waals surface area contributed by atoms with Crippen LogP contribution < -0.4 is 9.47 Å². The van der Waals surface area contributed by atoms with Crippen LogP contribution in [0.5, 0.6) is 17.2 Å². The maximum absolute atomic E-state index is 12.6. The molecule has 0 heterocycles. The summed E-state index contributed by atoms with van der Waals surface area (Å²) in [6.45, 7) is 0. The molecule has 0 spiro atoms. The van der Waals surface area contributed by atoms with Gasteiger partial charge in [0.15, 0.2) is 23.1 Å². The van der Waals surface area contributed by atoms with E-state index in [4.69, 9.17) is 9.47 Å². The number of phenolic OH excluding ortho intramolecular Hbond substituents is 1. The minimum atomic E-state index is -0.455. The lowest BCUT2D eigenvalue weighted by Crippen LogP contribution is -2.10. The zero-order chi connectivity index (χ0) is 18.7. The number of hydrogen-bond donors (Lipinski definition) is 1. The van der Waals surface area contributed by atoms with Crippen molar-refractivity contribution in [2.75, 3.05) is 14.2 Å². The predicted octanol–water partition coefficient (Wildman–Crippen LogP) is 4.02. The van der Waals surface area contributed by atoms with Crippen LogP contribution in [0, 0.1) is 0 Å². The number of methoxy groups -OCH3 is 2. The minimum absolute atomic E-state index is 0.112. The smallest absolute Gasteiger partial charge is 0.174 e. The molecular weight excluding hydrogens is 332 g/mol. The second-order valence-electron chi connectivity index (χ2n) is 5.75. The number of aromatic hydroxyl groups is 1. The Balaban J connectivity index is 1.91. The van der Waals surface area contributed by atoms with Gasteiger partial charge in [0.05, 0.1) is 31.8 Å². The van der Waals surface area contributed by atoms with Crippen LogP contribution in [-0.2, 0) is 0 Å². The van der Waals surface area contributed by atoms with E-state index in [9.17, 15) is 14.7 Å². The molecule has 0 aliphatic rings. The molecule has 0 fully saturated rings. The highest BCUT2D eigenvalue weighted by molar-refractivity contribution is 6.16. The number of para-hydroxylation sites is 1. The third kappa shape index (κ3) is 3.11. The van der Waals surface area contributed by atoms with Gasteiger partial charge >= 0.3 is 0 Å². The molecule has 3 aromatic rings. The van der Waals surface area contributed by atoms with Crippen LogP contribution >= 0.6 is 0 Å². The van der Waals surface area contributed by atoms with Crippen LogP contribution in [0.15, 0.2) is 54.6 Å². The van der Waals surface area contributed by atoms with Gasteiger partial charge < -0.3 is 14.6 Å². The standard InChI is InChI=1S/C21H18O5/c1-25-19-9-5-8-16(21(19)26-2)18(23)12-17(22)15-11-10-13-6-3-4-7-14(13)20(15)24/h3-11,24H,12H2,1-2H3. The molecule has 0 unspecified atom stereocenters. The topological polar surface area (TPSA) is 72.8 Å². The van der Waals surface area contributed by atoms with Gasteiger partial charge in [-0.05, 0) is 23.6 Å². The van der Waals surface area contributed by atoms with Gasteiger partial charge in [0.25, 0.3) is 0 Å². The Morgan fingerprint density at radius 2 is 1.58 bits per heavy atom. The van der Waals surface area contributed by atoms with Crippen LogP contribution in [0.2, 0.25) is 0 Å². The molecule has 0 atom stereocenters. The van der Waals surface area contributed by atoms with Crippen LogP contribution in [0.4, 0.5) is 0 Å². The Kier molecular flexibility index (Phi) is 4.89. The van der Waals surface area contributed by atoms with Crippen molar-refractivity contribution in [3.8, 4) is 17.2 Å². The summed E-state index contributed by atoms with van der Waals surface area (Å²) in [6.07, 6.45) is -0.380. The molecule has 0 aliphatic heterocycles. The van der Waals surface area contributed by atoms with E-state index < -0.39 is 11.6 Å². The van der Waals surface area contributed by atoms with Gasteiger partial charge in [0.2, 0.25) is 0 Å². The number of ketones is 2. The fourth-order valence-corrected chi connectivity index (χ4v) is 2.92. The van der Waals surface area contributed by atoms with Crippen molar-refractivity contribution < 1.29 is 24.2 Å². The van der Waals surface area contributed by atoms with E-state index in [1.807, 2.05) is 12.1 Å². The van der Waals surface area contributed by atoms with Crippen LogP contribution in [0.25, 0.3) is 10.8 Å². The Labute approximate surface area is 150 Å². The molecule has 0 saturated carbocycles. The molecule has 132 valence electrons. The van der Waals surface area contributed by atoms with E-state index in [2.05, 4.69) is 0 Å². The summed E-state index contributed by atoms with van der Waals surface area (Å²) in [4.78, 5) is 25.2. The van der Waals surface area contributed by atoms with Gasteiger partial charge in [-0.1, -0.05) is 36.4 Å². The van der Waals surface area contributed by atoms with Crippen molar-refractivity contribution in [1.29, 1.82) is 0 Å². The summed E-state index contributed by atoms with van der Waals surface area (Å²) in [5, 5.41) is 11.8. The maximum atomic E-state index is 12.6. The molecule has 1 N–H and O–H groups in total. The maximum Gasteiger partial charge on any atom is 0.174 e. The van der Waals surface area contributed by atoms with E-state index in [1.165, 1.54) is 20.3 Å². The summed E-state index contributed by atoms with van der Waals surface area (Å²) in [5.74, 6) is -0.269. The van der Waals surface area contributed by atoms with E-state index >= 15 is 0 Å². The Morgan fingerprint density at radius 3 is 2.31 bits per heavy atom. The zero-order valence-electron chi connectivity index (χ0n) is 14.5. The van der Waals surface area contributed by atoms with E-state index in [-0.39, 0.29) is 29.0 Å². The van der Waals surface area contributed by atoms with Crippen molar-refractivity contribution >= 4 is 22.3 Å². The van der Waals surface area contributed by atoms with Gasteiger partial charge in [-0.25, -0.2) is 0 Å². The number of phenols is 1. The van der Waals surface area contributed by atoms with Crippen molar-refractivity contribution in [3.63, 3.8) is 0 Å². The lowest BCUT2D eigenvalue weighted by Gasteiger charge is -2.12. The Bertz CT molecular complexity index is 991. The first-order valence-corrected chi connectivity index (χ1v) is 8.05. The summed E-state index contributed by atoms with van der Waals surface area (Å²) >= 11 is 0. The molecule has 0 aromatic heterocycles. The second kappa shape index (κ2) is 7.27. The number of ether oxygens (including phenoxy) is 2. The number of Topliss-reactive ketones (excluding diaryl/α,β-unsaturated/α-hetero) is 2. The fraction of sp³-hybridized carbons (Fsp3) is 0.143. The average molecular weight is 350 g/mol. The highest BCUT2D eigenvalue weighted by Gasteiger charge is 2.22. The largest absolute Gasteiger partial charge is 0.507 e. The first-order chi connectivity index (χ1) is 12.6. The van der Waals surface area contributed by atoms with Crippen molar-refractivity contribution in [1.82, 2.24) is 0 Å². The van der Waals surface area contributed by atoms with Gasteiger partial charge in [0.1, 0.15) is 5.75 Å². The van der Waals surface area contributed by atoms with E-state index in [1.54, 1.807) is 36.4 Å². The Hall–Kier alpha value is -3.34. The molecule has 5 nitrogen and oxygen atoms in total. The molecule has 3 aromatic carbocycles. The number of carbonyl (C=O) groups excluding carboxylic acids is 2. The van der Waals surface area contributed by atoms with Gasteiger partial charge in [0, 0.05) is 5.39 Å². The number of benzene rings is 3. The van der Waals surface area contributed by atoms with E-state index in [0.717, 1.165) is 5.39 Å². The lowest BCUT2D eigenvalue weighted by atomic mass is 9.97. The molecule has 0 amide bonds. The number of rotatable bonds is 6. The molecular formula is C21H18O5. The first-order valence-electron chi connectivity index (χ1n) is 8.05. The molecule has 0 radical (unpaired) electrons. The third-order valence-electron chi connectivity index (χ3n) is 4.23. The van der Waals surface area contributed by atoms with Crippen molar-refractivity contribution in [2.45, 2.75) is 6.42 Å². The fourth-order valence-electron chi connectivity index (χ4n) is 2.92. The summed E-state index contributed by atoms with van der Waals surface area (Å²) in [5.41, 5.74) is 0.388. The normalized spacial score (nSPS) is 10.5. The van der Waals surface area contributed by atoms with Crippen LogP contribution in [0.1, 0.15) is 27.1 Å². The highest BCUT2D eigenvalue weighted by Crippen LogP contribution is 2.33. The SMILES string of the molecule is COc1cccc(C(=O)CC(=O)c2ccc3ccccc3c2O)c1OC. The Morgan fingerprint density at radius 1 is 0.846 bits per heavy atom. The molecule has 5 heteroatoms. The van der Waals surface area contributed by atoms with Crippen molar-refractivity contribution in [2.24, 2.45) is 0 Å². The van der Waals surface area contributed by atoms with Crippen LogP contribution in [-0.4, -0.2) is 30.9 Å². The molecule has 0 aliphatic carbocycles. The number of hydrogen-bond acceptors (Lipinski definition) is 5. The monoisotopic (exact) mass is 350 g/mol. The van der Waals surface area contributed by atoms with Crippen LogP contribution in [0.3, 0.4) is 0 Å². The highest BCUT2D eigenvalue weighted by atomic mass is 16.5. The quantitative estimate of drug-likeness (QED) is 0.537. The molecule has 3 rings (SSSR count). The molecule has 0 saturated heterocycles. The van der Waals surface area contributed by atoms with Gasteiger partial charge in [-0.3, -0.25) is 9.59 Å². The van der Waals surface area contributed by atoms with Gasteiger partial charge in [-0.15, -0.1) is 0 Å². The lowest BCUT2D eigenvalue weighted by molar-refractivity contribution is 0.0891. The predicted molar refractivity (Wildman–Crippen MR) is 98.4 cm³/mol. The minimum Gasteiger partial charge on any atom is -0.507 e. The summed E-state index contributed by atoms with van der Waals surface area (Å²) in [6, 6.07) is 15.4. The van der Waals surface area contributed by atoms with Gasteiger partial charge in [-0.2, -0.15) is 0 Å². The zero-order valence-corrected chi connectivity index (χ0v) is 14.5. The molecule has 0 bridgehead atoms. The summed E-state index contributed by atoms with van der Waals surface area (Å²) in [7, 11) is 2.91.